The van der Waals surface area contributed by atoms with Gasteiger partial charge in [0.1, 0.15) is 5.56 Å². The summed E-state index contributed by atoms with van der Waals surface area (Å²) in [5.74, 6) is -0.553. The van der Waals surface area contributed by atoms with E-state index < -0.39 is 0 Å². The smallest absolute Gasteiger partial charge is 0.261 e. The number of methoxy groups -OCH3 is 1. The van der Waals surface area contributed by atoms with E-state index in [1.54, 1.807) is 25.2 Å². The summed E-state index contributed by atoms with van der Waals surface area (Å²) < 4.78 is 6.52. The van der Waals surface area contributed by atoms with E-state index in [2.05, 4.69) is 10.4 Å². The van der Waals surface area contributed by atoms with Gasteiger partial charge in [-0.3, -0.25) is 14.3 Å². The number of halogens is 2. The Morgan fingerprint density at radius 3 is 2.50 bits per heavy atom. The molecule has 1 aromatic carbocycles. The first-order valence-corrected chi connectivity index (χ1v) is 7.64. The van der Waals surface area contributed by atoms with Gasteiger partial charge in [-0.2, -0.15) is 0 Å². The molecule has 128 valence electrons. The van der Waals surface area contributed by atoms with Crippen molar-refractivity contribution in [3.8, 4) is 5.88 Å². The van der Waals surface area contributed by atoms with E-state index in [9.17, 15) is 9.59 Å². The first kappa shape index (κ1) is 18.1. The highest BCUT2D eigenvalue weighted by Crippen LogP contribution is 2.22. The Balaban J connectivity index is 2.04. The van der Waals surface area contributed by atoms with Crippen LogP contribution in [0.3, 0.4) is 0 Å². The van der Waals surface area contributed by atoms with E-state index in [4.69, 9.17) is 27.9 Å². The van der Waals surface area contributed by atoms with Crippen LogP contribution in [0.25, 0.3) is 0 Å². The van der Waals surface area contributed by atoms with E-state index in [-0.39, 0.29) is 29.8 Å². The molecule has 0 unspecified atom stereocenters. The molecule has 0 saturated heterocycles. The molecule has 0 radical (unpaired) electrons. The molecule has 0 atom stereocenters. The molecule has 2 rings (SSSR count). The van der Waals surface area contributed by atoms with Gasteiger partial charge in [0.15, 0.2) is 0 Å². The van der Waals surface area contributed by atoms with Crippen molar-refractivity contribution in [1.29, 1.82) is 0 Å². The Hall–Kier alpha value is -2.25. The lowest BCUT2D eigenvalue weighted by Crippen LogP contribution is -2.35. The molecular weight excluding hydrogens is 355 g/mol. The molecule has 0 aliphatic carbocycles. The lowest BCUT2D eigenvalue weighted by Gasteiger charge is -2.16. The topological polar surface area (TPSA) is 76.5 Å². The molecule has 1 heterocycles. The zero-order chi connectivity index (χ0) is 17.9. The molecule has 1 aromatic heterocycles. The van der Waals surface area contributed by atoms with Crippen LogP contribution in [-0.4, -0.2) is 47.2 Å². The van der Waals surface area contributed by atoms with Crippen molar-refractivity contribution in [2.24, 2.45) is 7.05 Å². The van der Waals surface area contributed by atoms with Crippen LogP contribution in [-0.2, 0) is 11.8 Å². The monoisotopic (exact) mass is 370 g/mol. The van der Waals surface area contributed by atoms with Crippen molar-refractivity contribution < 1.29 is 14.3 Å². The maximum absolute atomic E-state index is 12.4. The number of amides is 2. The minimum Gasteiger partial charge on any atom is -0.479 e. The first-order chi connectivity index (χ1) is 11.3. The fourth-order valence-electron chi connectivity index (χ4n) is 2.08. The van der Waals surface area contributed by atoms with Crippen LogP contribution in [0.2, 0.25) is 10.0 Å². The Morgan fingerprint density at radius 1 is 1.29 bits per heavy atom. The molecule has 24 heavy (non-hydrogen) atoms. The van der Waals surface area contributed by atoms with Gasteiger partial charge >= 0.3 is 0 Å². The lowest BCUT2D eigenvalue weighted by molar-refractivity contribution is -0.116. The molecule has 0 bridgehead atoms. The number of likely N-dealkylation sites (N-methyl/N-ethyl adjacent to an activating group) is 1. The molecule has 0 aliphatic rings. The number of benzene rings is 1. The Kier molecular flexibility index (Phi) is 5.69. The standard InChI is InChI=1S/C15H16Cl2N4O3/c1-20(15(23)12-7-21(2)19-14(12)24-3)8-13(22)18-11-5-9(16)4-10(17)6-11/h4-7H,8H2,1-3H3,(H,18,22). The third-order valence-corrected chi connectivity index (χ3v) is 3.53. The molecule has 0 saturated carbocycles. The summed E-state index contributed by atoms with van der Waals surface area (Å²) in [7, 11) is 4.61. The molecule has 9 heteroatoms. The van der Waals surface area contributed by atoms with Crippen LogP contribution in [0.5, 0.6) is 5.88 Å². The van der Waals surface area contributed by atoms with Gasteiger partial charge in [-0.05, 0) is 18.2 Å². The number of nitrogens with one attached hydrogen (secondary N) is 1. The minimum absolute atomic E-state index is 0.152. The Labute approximate surface area is 149 Å². The van der Waals surface area contributed by atoms with E-state index in [1.165, 1.54) is 29.9 Å². The van der Waals surface area contributed by atoms with E-state index >= 15 is 0 Å². The van der Waals surface area contributed by atoms with Crippen molar-refractivity contribution in [2.75, 3.05) is 26.0 Å². The van der Waals surface area contributed by atoms with E-state index in [1.807, 2.05) is 0 Å². The second-order valence-electron chi connectivity index (χ2n) is 5.09. The second-order valence-corrected chi connectivity index (χ2v) is 5.97. The van der Waals surface area contributed by atoms with Crippen LogP contribution in [0.4, 0.5) is 5.69 Å². The number of hydrogen-bond donors (Lipinski definition) is 1. The van der Waals surface area contributed by atoms with Crippen molar-refractivity contribution in [2.45, 2.75) is 0 Å². The van der Waals surface area contributed by atoms with Crippen LogP contribution in [0.1, 0.15) is 10.4 Å². The second kappa shape index (κ2) is 7.55. The zero-order valence-corrected chi connectivity index (χ0v) is 14.9. The maximum Gasteiger partial charge on any atom is 0.261 e. The molecule has 7 nitrogen and oxygen atoms in total. The summed E-state index contributed by atoms with van der Waals surface area (Å²) in [6, 6.07) is 4.69. The fourth-order valence-corrected chi connectivity index (χ4v) is 2.61. The highest BCUT2D eigenvalue weighted by Gasteiger charge is 2.21. The molecular formula is C15H16Cl2N4O3. The van der Waals surface area contributed by atoms with Crippen LogP contribution >= 0.6 is 23.2 Å². The molecule has 0 spiro atoms. The number of carbonyl (C=O) groups excluding carboxylic acids is 2. The third-order valence-electron chi connectivity index (χ3n) is 3.09. The van der Waals surface area contributed by atoms with Crippen LogP contribution in [0.15, 0.2) is 24.4 Å². The SMILES string of the molecule is COc1nn(C)cc1C(=O)N(C)CC(=O)Nc1cc(Cl)cc(Cl)c1. The number of anilines is 1. The Bertz CT molecular complexity index is 756. The third kappa shape index (κ3) is 4.39. The zero-order valence-electron chi connectivity index (χ0n) is 13.3. The number of aromatic nitrogens is 2. The minimum atomic E-state index is -0.382. The van der Waals surface area contributed by atoms with E-state index in [0.717, 1.165) is 0 Å². The summed E-state index contributed by atoms with van der Waals surface area (Å²) >= 11 is 11.8. The maximum atomic E-state index is 12.4. The summed E-state index contributed by atoms with van der Waals surface area (Å²) in [5, 5.41) is 7.47. The highest BCUT2D eigenvalue weighted by atomic mass is 35.5. The van der Waals surface area contributed by atoms with Gasteiger partial charge in [0, 0.05) is 36.0 Å². The van der Waals surface area contributed by atoms with Crippen LogP contribution in [0, 0.1) is 0 Å². The van der Waals surface area contributed by atoms with Gasteiger partial charge in [-0.1, -0.05) is 23.2 Å². The molecule has 2 aromatic rings. The number of rotatable bonds is 5. The predicted molar refractivity (Wildman–Crippen MR) is 91.8 cm³/mol. The van der Waals surface area contributed by atoms with Crippen molar-refractivity contribution in [1.82, 2.24) is 14.7 Å². The fraction of sp³-hybridized carbons (Fsp3) is 0.267. The van der Waals surface area contributed by atoms with Gasteiger partial charge in [-0.25, -0.2) is 0 Å². The number of nitrogens with zero attached hydrogens (tertiary/aromatic N) is 3. The van der Waals surface area contributed by atoms with Gasteiger partial charge in [0.2, 0.25) is 11.8 Å². The number of hydrogen-bond acceptors (Lipinski definition) is 4. The lowest BCUT2D eigenvalue weighted by atomic mass is 10.3. The number of ether oxygens (including phenoxy) is 1. The van der Waals surface area contributed by atoms with Crippen molar-refractivity contribution in [3.63, 3.8) is 0 Å². The largest absolute Gasteiger partial charge is 0.479 e. The average Bonchev–Trinajstić information content (AvgIpc) is 2.86. The van der Waals surface area contributed by atoms with Crippen molar-refractivity contribution in [3.05, 3.63) is 40.0 Å². The molecule has 0 aliphatic heterocycles. The normalized spacial score (nSPS) is 10.4. The van der Waals surface area contributed by atoms with E-state index in [0.29, 0.717) is 15.7 Å². The molecule has 0 fully saturated rings. The quantitative estimate of drug-likeness (QED) is 0.876. The van der Waals surface area contributed by atoms with Crippen molar-refractivity contribution >= 4 is 40.7 Å². The predicted octanol–water partition coefficient (Wildman–Crippen LogP) is 2.45. The number of carbonyl (C=O) groups is 2. The average molecular weight is 371 g/mol. The van der Waals surface area contributed by atoms with Gasteiger partial charge in [0.05, 0.1) is 13.7 Å². The molecule has 2 amide bonds. The highest BCUT2D eigenvalue weighted by molar-refractivity contribution is 6.35. The summed E-state index contributed by atoms with van der Waals surface area (Å²) in [4.78, 5) is 25.8. The summed E-state index contributed by atoms with van der Waals surface area (Å²) in [5.41, 5.74) is 0.735. The van der Waals surface area contributed by atoms with Gasteiger partial charge in [-0.15, -0.1) is 5.10 Å². The van der Waals surface area contributed by atoms with Gasteiger partial charge < -0.3 is 15.0 Å². The first-order valence-electron chi connectivity index (χ1n) is 6.89. The number of aryl methyl sites for hydroxylation is 1. The summed E-state index contributed by atoms with van der Waals surface area (Å²) in [6.45, 7) is -0.152. The summed E-state index contributed by atoms with van der Waals surface area (Å²) in [6.07, 6.45) is 1.53. The Morgan fingerprint density at radius 2 is 1.92 bits per heavy atom. The molecule has 1 N–H and O–H groups in total. The van der Waals surface area contributed by atoms with Gasteiger partial charge in [0.25, 0.3) is 5.91 Å². The van der Waals surface area contributed by atoms with Crippen LogP contribution < -0.4 is 10.1 Å².